The molecule has 0 fully saturated rings. The van der Waals surface area contributed by atoms with Gasteiger partial charge in [0.1, 0.15) is 4.21 Å². The third-order valence-corrected chi connectivity index (χ3v) is 7.41. The van der Waals surface area contributed by atoms with Gasteiger partial charge in [-0.1, -0.05) is 17.7 Å². The Kier molecular flexibility index (Phi) is 5.27. The number of nitrogens with two attached hydrogens (primary N) is 1. The van der Waals surface area contributed by atoms with E-state index in [1.807, 2.05) is 13.0 Å². The molecule has 0 aliphatic heterocycles. The van der Waals surface area contributed by atoms with Gasteiger partial charge in [-0.05, 0) is 44.0 Å². The minimum absolute atomic E-state index is 0.0738. The second kappa shape index (κ2) is 6.70. The highest BCUT2D eigenvalue weighted by atomic mass is 32.2. The van der Waals surface area contributed by atoms with E-state index in [0.717, 1.165) is 21.8 Å². The molecule has 0 amide bonds. The first-order chi connectivity index (χ1) is 10.6. The lowest BCUT2D eigenvalue weighted by Gasteiger charge is -2.09. The predicted octanol–water partition coefficient (Wildman–Crippen LogP) is 1.53. The maximum absolute atomic E-state index is 12.3. The van der Waals surface area contributed by atoms with Crippen LogP contribution in [0.4, 0.5) is 0 Å². The Morgan fingerprint density at radius 2 is 1.78 bits per heavy atom. The van der Waals surface area contributed by atoms with Crippen molar-refractivity contribution < 1.29 is 16.8 Å². The van der Waals surface area contributed by atoms with Crippen molar-refractivity contribution >= 4 is 31.4 Å². The van der Waals surface area contributed by atoms with Crippen molar-refractivity contribution in [1.82, 2.24) is 4.72 Å². The van der Waals surface area contributed by atoms with E-state index in [4.69, 9.17) is 5.14 Å². The summed E-state index contributed by atoms with van der Waals surface area (Å²) in [6.07, 6.45) is 0.393. The lowest BCUT2D eigenvalue weighted by atomic mass is 10.2. The zero-order valence-corrected chi connectivity index (χ0v) is 15.2. The lowest BCUT2D eigenvalue weighted by Crippen LogP contribution is -2.26. The Hall–Kier alpha value is -1.26. The third-order valence-electron chi connectivity index (χ3n) is 3.20. The third kappa shape index (κ3) is 4.61. The molecule has 0 saturated carbocycles. The molecule has 0 radical (unpaired) electrons. The van der Waals surface area contributed by atoms with Gasteiger partial charge in [0.15, 0.2) is 0 Å². The standard InChI is InChI=1S/C14H18N2O4S3/c1-10-3-5-13(11(2)9-10)23(19,20)16-8-7-12-4-6-14(21-12)22(15,17)18/h3-6,9,16H,7-8H2,1-2H3,(H2,15,17,18). The van der Waals surface area contributed by atoms with Crippen molar-refractivity contribution in [1.29, 1.82) is 0 Å². The molecule has 126 valence electrons. The van der Waals surface area contributed by atoms with E-state index in [1.165, 1.54) is 6.07 Å². The molecule has 1 aromatic heterocycles. The average molecular weight is 375 g/mol. The summed E-state index contributed by atoms with van der Waals surface area (Å²) < 4.78 is 49.6. The van der Waals surface area contributed by atoms with Crippen LogP contribution in [0.2, 0.25) is 0 Å². The fraction of sp³-hybridized carbons (Fsp3) is 0.286. The largest absolute Gasteiger partial charge is 0.247 e. The molecule has 3 N–H and O–H groups in total. The highest BCUT2D eigenvalue weighted by Gasteiger charge is 2.17. The summed E-state index contributed by atoms with van der Waals surface area (Å²) in [6, 6.07) is 8.20. The van der Waals surface area contributed by atoms with Crippen LogP contribution >= 0.6 is 11.3 Å². The van der Waals surface area contributed by atoms with Crippen LogP contribution in [0.1, 0.15) is 16.0 Å². The topological polar surface area (TPSA) is 106 Å². The first kappa shape index (κ1) is 18.1. The molecule has 9 heteroatoms. The van der Waals surface area contributed by atoms with Crippen molar-refractivity contribution in [2.75, 3.05) is 6.54 Å². The zero-order chi connectivity index (χ0) is 17.3. The van der Waals surface area contributed by atoms with Crippen LogP contribution in [0.5, 0.6) is 0 Å². The zero-order valence-electron chi connectivity index (χ0n) is 12.7. The molecule has 1 aromatic carbocycles. The van der Waals surface area contributed by atoms with Crippen LogP contribution in [0.3, 0.4) is 0 Å². The molecule has 0 unspecified atom stereocenters. The molecular formula is C14H18N2O4S3. The Bertz CT molecular complexity index is 915. The average Bonchev–Trinajstić information content (AvgIpc) is 2.86. The van der Waals surface area contributed by atoms with Crippen LogP contribution in [0.25, 0.3) is 0 Å². The number of sulfonamides is 2. The van der Waals surface area contributed by atoms with E-state index in [2.05, 4.69) is 4.72 Å². The van der Waals surface area contributed by atoms with Gasteiger partial charge >= 0.3 is 0 Å². The van der Waals surface area contributed by atoms with Gasteiger partial charge in [0.2, 0.25) is 20.0 Å². The van der Waals surface area contributed by atoms with Crippen molar-refractivity contribution in [3.05, 3.63) is 46.3 Å². The van der Waals surface area contributed by atoms with E-state index >= 15 is 0 Å². The number of rotatable bonds is 6. The molecule has 1 heterocycles. The van der Waals surface area contributed by atoms with E-state index in [1.54, 1.807) is 25.1 Å². The highest BCUT2D eigenvalue weighted by molar-refractivity contribution is 7.91. The second-order valence-corrected chi connectivity index (χ2v) is 9.87. The Labute approximate surface area is 140 Å². The maximum atomic E-state index is 12.3. The summed E-state index contributed by atoms with van der Waals surface area (Å²) in [6.45, 7) is 3.83. The van der Waals surface area contributed by atoms with E-state index < -0.39 is 20.0 Å². The number of hydrogen-bond donors (Lipinski definition) is 2. The van der Waals surface area contributed by atoms with Gasteiger partial charge in [0.05, 0.1) is 4.90 Å². The molecule has 6 nitrogen and oxygen atoms in total. The van der Waals surface area contributed by atoms with Crippen molar-refractivity contribution in [2.24, 2.45) is 5.14 Å². The van der Waals surface area contributed by atoms with Crippen molar-refractivity contribution in [3.8, 4) is 0 Å². The predicted molar refractivity (Wildman–Crippen MR) is 90.5 cm³/mol. The normalized spacial score (nSPS) is 12.5. The lowest BCUT2D eigenvalue weighted by molar-refractivity contribution is 0.581. The fourth-order valence-electron chi connectivity index (χ4n) is 2.13. The number of primary sulfonamides is 1. The number of benzene rings is 1. The van der Waals surface area contributed by atoms with Gasteiger partial charge in [-0.15, -0.1) is 11.3 Å². The molecule has 23 heavy (non-hydrogen) atoms. The van der Waals surface area contributed by atoms with Gasteiger partial charge in [0.25, 0.3) is 0 Å². The molecule has 0 atom stereocenters. The van der Waals surface area contributed by atoms with Crippen LogP contribution in [0, 0.1) is 13.8 Å². The van der Waals surface area contributed by atoms with Crippen LogP contribution in [0.15, 0.2) is 39.4 Å². The first-order valence-electron chi connectivity index (χ1n) is 6.78. The molecule has 0 bridgehead atoms. The summed E-state index contributed by atoms with van der Waals surface area (Å²) in [7, 11) is -7.30. The van der Waals surface area contributed by atoms with E-state index in [0.29, 0.717) is 12.0 Å². The van der Waals surface area contributed by atoms with Crippen LogP contribution in [-0.2, 0) is 26.5 Å². The molecule has 0 aliphatic rings. The molecule has 0 spiro atoms. The van der Waals surface area contributed by atoms with E-state index in [-0.39, 0.29) is 15.6 Å². The highest BCUT2D eigenvalue weighted by Crippen LogP contribution is 2.21. The monoisotopic (exact) mass is 374 g/mol. The first-order valence-corrected chi connectivity index (χ1v) is 10.6. The van der Waals surface area contributed by atoms with Gasteiger partial charge < -0.3 is 0 Å². The number of hydrogen-bond acceptors (Lipinski definition) is 5. The summed E-state index contributed by atoms with van der Waals surface area (Å²) in [5, 5.41) is 5.04. The molecule has 2 rings (SSSR count). The van der Waals surface area contributed by atoms with Crippen LogP contribution in [-0.4, -0.2) is 23.4 Å². The Balaban J connectivity index is 2.04. The van der Waals surface area contributed by atoms with Crippen molar-refractivity contribution in [3.63, 3.8) is 0 Å². The Morgan fingerprint density at radius 1 is 1.09 bits per heavy atom. The van der Waals surface area contributed by atoms with Gasteiger partial charge in [-0.3, -0.25) is 0 Å². The van der Waals surface area contributed by atoms with E-state index in [9.17, 15) is 16.8 Å². The summed E-state index contributed by atoms with van der Waals surface area (Å²) in [5.41, 5.74) is 1.68. The van der Waals surface area contributed by atoms with Gasteiger partial charge in [-0.25, -0.2) is 26.7 Å². The quantitative estimate of drug-likeness (QED) is 0.799. The fourth-order valence-corrected chi connectivity index (χ4v) is 5.17. The Morgan fingerprint density at radius 3 is 2.35 bits per heavy atom. The molecule has 2 aromatic rings. The molecule has 0 saturated heterocycles. The summed E-state index contributed by atoms with van der Waals surface area (Å²) in [4.78, 5) is 0.997. The minimum atomic E-state index is -3.71. The van der Waals surface area contributed by atoms with Crippen LogP contribution < -0.4 is 9.86 Å². The maximum Gasteiger partial charge on any atom is 0.247 e. The summed E-state index contributed by atoms with van der Waals surface area (Å²) in [5.74, 6) is 0. The van der Waals surface area contributed by atoms with Gasteiger partial charge in [0, 0.05) is 11.4 Å². The summed E-state index contributed by atoms with van der Waals surface area (Å²) >= 11 is 1.04. The smallest absolute Gasteiger partial charge is 0.224 e. The number of nitrogens with one attached hydrogen (secondary N) is 1. The number of thiophene rings is 1. The SMILES string of the molecule is Cc1ccc(S(=O)(=O)NCCc2ccc(S(N)(=O)=O)s2)c(C)c1. The second-order valence-electron chi connectivity index (χ2n) is 5.18. The molecule has 0 aliphatic carbocycles. The minimum Gasteiger partial charge on any atom is -0.224 e. The number of aryl methyl sites for hydroxylation is 2. The molecular weight excluding hydrogens is 356 g/mol. The van der Waals surface area contributed by atoms with Gasteiger partial charge in [-0.2, -0.15) is 0 Å². The van der Waals surface area contributed by atoms with Crippen molar-refractivity contribution in [2.45, 2.75) is 29.4 Å².